The highest BCUT2D eigenvalue weighted by Crippen LogP contribution is 2.38. The zero-order valence-electron chi connectivity index (χ0n) is 8.77. The maximum absolute atomic E-state index is 12.7. The number of H-pyrrole nitrogens is 1. The van der Waals surface area contributed by atoms with Gasteiger partial charge < -0.3 is 9.72 Å². The molecule has 0 saturated heterocycles. The molecule has 1 aromatic carbocycles. The van der Waals surface area contributed by atoms with Crippen LogP contribution in [0.25, 0.3) is 10.9 Å². The minimum absolute atomic E-state index is 0.167. The van der Waals surface area contributed by atoms with Gasteiger partial charge in [0.25, 0.3) is 0 Å². The van der Waals surface area contributed by atoms with Crippen molar-refractivity contribution in [3.63, 3.8) is 0 Å². The molecule has 1 heterocycles. The van der Waals surface area contributed by atoms with Crippen molar-refractivity contribution >= 4 is 10.9 Å². The number of benzene rings is 1. The van der Waals surface area contributed by atoms with Crippen molar-refractivity contribution in [1.82, 2.24) is 4.98 Å². The van der Waals surface area contributed by atoms with Crippen molar-refractivity contribution in [3.8, 4) is 5.75 Å². The number of nitrogens with one attached hydrogen (secondary N) is 1. The van der Waals surface area contributed by atoms with Crippen molar-refractivity contribution in [2.24, 2.45) is 0 Å². The summed E-state index contributed by atoms with van der Waals surface area (Å²) in [5, 5.41) is 0.484. The van der Waals surface area contributed by atoms with E-state index in [0.717, 1.165) is 0 Å². The summed E-state index contributed by atoms with van der Waals surface area (Å²) in [6.07, 6.45) is -4.37. The number of ether oxygens (including phenoxy) is 1. The Balaban J connectivity index is 2.79. The molecule has 1 aromatic heterocycles. The second-order valence-corrected chi connectivity index (χ2v) is 3.51. The first kappa shape index (κ1) is 10.9. The van der Waals surface area contributed by atoms with Crippen LogP contribution < -0.4 is 4.74 Å². The SMILES string of the molecule is COc1cccc2[nH]c(C(F)(F)F)c(C)c12. The summed E-state index contributed by atoms with van der Waals surface area (Å²) >= 11 is 0. The quantitative estimate of drug-likeness (QED) is 0.795. The summed E-state index contributed by atoms with van der Waals surface area (Å²) in [6.45, 7) is 1.43. The fourth-order valence-corrected chi connectivity index (χ4v) is 1.83. The first-order chi connectivity index (χ1) is 7.45. The molecule has 2 aromatic rings. The summed E-state index contributed by atoms with van der Waals surface area (Å²) in [7, 11) is 1.44. The number of aromatic amines is 1. The average molecular weight is 229 g/mol. The van der Waals surface area contributed by atoms with Crippen LogP contribution in [0.5, 0.6) is 5.75 Å². The highest BCUT2D eigenvalue weighted by Gasteiger charge is 2.35. The van der Waals surface area contributed by atoms with Crippen LogP contribution >= 0.6 is 0 Å². The summed E-state index contributed by atoms with van der Waals surface area (Å²) in [4.78, 5) is 2.37. The van der Waals surface area contributed by atoms with Gasteiger partial charge in [0.05, 0.1) is 7.11 Å². The lowest BCUT2D eigenvalue weighted by atomic mass is 10.1. The van der Waals surface area contributed by atoms with Gasteiger partial charge in [-0.2, -0.15) is 13.2 Å². The van der Waals surface area contributed by atoms with Crippen molar-refractivity contribution in [1.29, 1.82) is 0 Å². The van der Waals surface area contributed by atoms with Crippen molar-refractivity contribution in [2.45, 2.75) is 13.1 Å². The normalized spacial score (nSPS) is 12.1. The molecule has 0 aliphatic heterocycles. The lowest BCUT2D eigenvalue weighted by Crippen LogP contribution is -2.06. The number of halogens is 3. The Hall–Kier alpha value is -1.65. The largest absolute Gasteiger partial charge is 0.496 e. The highest BCUT2D eigenvalue weighted by molar-refractivity contribution is 5.90. The number of hydrogen-bond acceptors (Lipinski definition) is 1. The molecule has 5 heteroatoms. The van der Waals surface area contributed by atoms with Gasteiger partial charge >= 0.3 is 6.18 Å². The Morgan fingerprint density at radius 1 is 1.25 bits per heavy atom. The Morgan fingerprint density at radius 3 is 2.50 bits per heavy atom. The third-order valence-electron chi connectivity index (χ3n) is 2.54. The Labute approximate surface area is 90.0 Å². The van der Waals surface area contributed by atoms with E-state index in [4.69, 9.17) is 4.74 Å². The van der Waals surface area contributed by atoms with Crippen LogP contribution in [0.4, 0.5) is 13.2 Å². The molecule has 0 amide bonds. The van der Waals surface area contributed by atoms with Gasteiger partial charge in [-0.1, -0.05) is 6.07 Å². The van der Waals surface area contributed by atoms with Crippen molar-refractivity contribution in [2.75, 3.05) is 7.11 Å². The van der Waals surface area contributed by atoms with E-state index in [-0.39, 0.29) is 5.56 Å². The van der Waals surface area contributed by atoms with E-state index in [2.05, 4.69) is 4.98 Å². The molecule has 0 unspecified atom stereocenters. The van der Waals surface area contributed by atoms with Gasteiger partial charge in [-0.3, -0.25) is 0 Å². The van der Waals surface area contributed by atoms with Crippen LogP contribution in [0.2, 0.25) is 0 Å². The van der Waals surface area contributed by atoms with E-state index in [1.165, 1.54) is 14.0 Å². The van der Waals surface area contributed by atoms with E-state index in [0.29, 0.717) is 16.7 Å². The third kappa shape index (κ3) is 1.52. The van der Waals surface area contributed by atoms with E-state index in [1.807, 2.05) is 0 Å². The van der Waals surface area contributed by atoms with E-state index < -0.39 is 11.9 Å². The molecule has 0 atom stereocenters. The van der Waals surface area contributed by atoms with Crippen molar-refractivity contribution in [3.05, 3.63) is 29.5 Å². The van der Waals surface area contributed by atoms with E-state index in [1.54, 1.807) is 18.2 Å². The number of aromatic nitrogens is 1. The van der Waals surface area contributed by atoms with Gasteiger partial charge in [0.1, 0.15) is 11.4 Å². The molecule has 0 spiro atoms. The van der Waals surface area contributed by atoms with Crippen LogP contribution in [-0.4, -0.2) is 12.1 Å². The van der Waals surface area contributed by atoms with Gasteiger partial charge in [0.2, 0.25) is 0 Å². The molecule has 0 saturated carbocycles. The average Bonchev–Trinajstić information content (AvgIpc) is 2.56. The maximum Gasteiger partial charge on any atom is 0.431 e. The van der Waals surface area contributed by atoms with Crippen LogP contribution in [0.3, 0.4) is 0 Å². The van der Waals surface area contributed by atoms with Crippen LogP contribution in [-0.2, 0) is 6.18 Å². The zero-order chi connectivity index (χ0) is 11.9. The molecular weight excluding hydrogens is 219 g/mol. The molecule has 0 radical (unpaired) electrons. The van der Waals surface area contributed by atoms with Gasteiger partial charge in [0, 0.05) is 10.9 Å². The Morgan fingerprint density at radius 2 is 1.94 bits per heavy atom. The Bertz CT molecular complexity index is 528. The third-order valence-corrected chi connectivity index (χ3v) is 2.54. The minimum atomic E-state index is -4.37. The van der Waals surface area contributed by atoms with Gasteiger partial charge in [-0.25, -0.2) is 0 Å². The minimum Gasteiger partial charge on any atom is -0.496 e. The van der Waals surface area contributed by atoms with E-state index >= 15 is 0 Å². The summed E-state index contributed by atoms with van der Waals surface area (Å²) in [5.74, 6) is 0.446. The number of hydrogen-bond donors (Lipinski definition) is 1. The molecule has 2 rings (SSSR count). The molecule has 86 valence electrons. The summed E-state index contributed by atoms with van der Waals surface area (Å²) in [6, 6.07) is 4.89. The molecule has 1 N–H and O–H groups in total. The molecule has 0 fully saturated rings. The topological polar surface area (TPSA) is 25.0 Å². The molecular formula is C11H10F3NO. The number of methoxy groups -OCH3 is 1. The predicted molar refractivity (Wildman–Crippen MR) is 54.6 cm³/mol. The summed E-state index contributed by atoms with van der Waals surface area (Å²) < 4.78 is 43.0. The van der Waals surface area contributed by atoms with Gasteiger partial charge in [-0.05, 0) is 24.6 Å². The monoisotopic (exact) mass is 229 g/mol. The lowest BCUT2D eigenvalue weighted by Gasteiger charge is -2.05. The van der Waals surface area contributed by atoms with Crippen LogP contribution in [0, 0.1) is 6.92 Å². The lowest BCUT2D eigenvalue weighted by molar-refractivity contribution is -0.141. The summed E-state index contributed by atoms with van der Waals surface area (Å²) in [5.41, 5.74) is -0.115. The first-order valence-corrected chi connectivity index (χ1v) is 4.67. The highest BCUT2D eigenvalue weighted by atomic mass is 19.4. The van der Waals surface area contributed by atoms with Gasteiger partial charge in [-0.15, -0.1) is 0 Å². The van der Waals surface area contributed by atoms with Crippen molar-refractivity contribution < 1.29 is 17.9 Å². The van der Waals surface area contributed by atoms with E-state index in [9.17, 15) is 13.2 Å². The first-order valence-electron chi connectivity index (χ1n) is 4.67. The smallest absolute Gasteiger partial charge is 0.431 e. The molecule has 0 aliphatic rings. The molecule has 2 nitrogen and oxygen atoms in total. The second kappa shape index (κ2) is 3.43. The van der Waals surface area contributed by atoms with Crippen LogP contribution in [0.15, 0.2) is 18.2 Å². The maximum atomic E-state index is 12.7. The molecule has 16 heavy (non-hydrogen) atoms. The van der Waals surface area contributed by atoms with Crippen LogP contribution in [0.1, 0.15) is 11.3 Å². The fraction of sp³-hybridized carbons (Fsp3) is 0.273. The molecule has 0 aliphatic carbocycles. The predicted octanol–water partition coefficient (Wildman–Crippen LogP) is 3.50. The Kier molecular flexibility index (Phi) is 2.33. The number of rotatable bonds is 1. The molecule has 0 bridgehead atoms. The van der Waals surface area contributed by atoms with Gasteiger partial charge in [0.15, 0.2) is 0 Å². The standard InChI is InChI=1S/C11H10F3NO/c1-6-9-7(4-3-5-8(9)16-2)15-10(6)11(12,13)14/h3-5,15H,1-2H3. The second-order valence-electron chi connectivity index (χ2n) is 3.51. The number of aryl methyl sites for hydroxylation is 1. The zero-order valence-corrected chi connectivity index (χ0v) is 8.77. The number of fused-ring (bicyclic) bond motifs is 1. The number of alkyl halides is 3. The fourth-order valence-electron chi connectivity index (χ4n) is 1.83.